The van der Waals surface area contributed by atoms with Crippen LogP contribution >= 0.6 is 0 Å². The second kappa shape index (κ2) is 5.80. The van der Waals surface area contributed by atoms with E-state index in [0.29, 0.717) is 6.54 Å². The van der Waals surface area contributed by atoms with Crippen LogP contribution in [0.2, 0.25) is 0 Å². The van der Waals surface area contributed by atoms with Gasteiger partial charge in [-0.2, -0.15) is 0 Å². The molecule has 0 saturated carbocycles. The predicted molar refractivity (Wildman–Crippen MR) is 78.2 cm³/mol. The smallest absolute Gasteiger partial charge is 0.221 e. The number of hydrogen-bond acceptors (Lipinski definition) is 3. The van der Waals surface area contributed by atoms with E-state index < -0.39 is 0 Å². The van der Waals surface area contributed by atoms with Crippen molar-refractivity contribution in [3.05, 3.63) is 35.5 Å². The standard InChI is InChI=1S/C15H19N3O/c1-10-8-12(4-3-7-16)14-9-13(18-11(2)19)5-6-15(14)17-10/h5-6,8-9H,3-4,7,16H2,1-2H3,(H,18,19). The highest BCUT2D eigenvalue weighted by Gasteiger charge is 2.06. The van der Waals surface area contributed by atoms with Gasteiger partial charge in [0.1, 0.15) is 0 Å². The average molecular weight is 257 g/mol. The predicted octanol–water partition coefficient (Wildman–Crippen LogP) is 2.39. The van der Waals surface area contributed by atoms with Crippen LogP contribution in [0.1, 0.15) is 24.6 Å². The maximum Gasteiger partial charge on any atom is 0.221 e. The molecule has 0 aliphatic heterocycles. The lowest BCUT2D eigenvalue weighted by atomic mass is 10.0. The molecule has 100 valence electrons. The number of nitrogens with zero attached hydrogens (tertiary/aromatic N) is 1. The quantitative estimate of drug-likeness (QED) is 0.883. The SMILES string of the molecule is CC(=O)Nc1ccc2nc(C)cc(CCCN)c2c1. The lowest BCUT2D eigenvalue weighted by Crippen LogP contribution is -2.06. The Bertz CT molecular complexity index is 608. The van der Waals surface area contributed by atoms with Gasteiger partial charge in [-0.15, -0.1) is 0 Å². The molecule has 3 N–H and O–H groups in total. The lowest BCUT2D eigenvalue weighted by Gasteiger charge is -2.09. The van der Waals surface area contributed by atoms with Gasteiger partial charge in [0.25, 0.3) is 0 Å². The number of pyridine rings is 1. The molecule has 0 bridgehead atoms. The Kier molecular flexibility index (Phi) is 4.12. The molecule has 4 heteroatoms. The number of benzene rings is 1. The van der Waals surface area contributed by atoms with Gasteiger partial charge in [0.2, 0.25) is 5.91 Å². The van der Waals surface area contributed by atoms with E-state index in [0.717, 1.165) is 35.1 Å². The summed E-state index contributed by atoms with van der Waals surface area (Å²) in [5.74, 6) is -0.0667. The van der Waals surface area contributed by atoms with Crippen LogP contribution in [0.5, 0.6) is 0 Å². The molecular formula is C15H19N3O. The van der Waals surface area contributed by atoms with Crippen molar-refractivity contribution in [1.82, 2.24) is 4.98 Å². The van der Waals surface area contributed by atoms with Crippen LogP contribution in [0.4, 0.5) is 5.69 Å². The molecule has 0 atom stereocenters. The first kappa shape index (κ1) is 13.5. The van der Waals surface area contributed by atoms with Gasteiger partial charge in [0.05, 0.1) is 5.52 Å². The molecule has 0 aliphatic rings. The van der Waals surface area contributed by atoms with Gasteiger partial charge < -0.3 is 11.1 Å². The summed E-state index contributed by atoms with van der Waals surface area (Å²) in [6, 6.07) is 7.90. The van der Waals surface area contributed by atoms with Crippen LogP contribution < -0.4 is 11.1 Å². The van der Waals surface area contributed by atoms with Gasteiger partial charge >= 0.3 is 0 Å². The third kappa shape index (κ3) is 3.29. The zero-order valence-electron chi connectivity index (χ0n) is 11.4. The van der Waals surface area contributed by atoms with Gasteiger partial charge in [0, 0.05) is 23.7 Å². The van der Waals surface area contributed by atoms with E-state index in [1.165, 1.54) is 12.5 Å². The van der Waals surface area contributed by atoms with Crippen LogP contribution in [0.15, 0.2) is 24.3 Å². The monoisotopic (exact) mass is 257 g/mol. The van der Waals surface area contributed by atoms with Crippen molar-refractivity contribution < 1.29 is 4.79 Å². The van der Waals surface area contributed by atoms with Crippen LogP contribution in [-0.4, -0.2) is 17.4 Å². The van der Waals surface area contributed by atoms with Crippen LogP contribution in [0.25, 0.3) is 10.9 Å². The molecule has 0 unspecified atom stereocenters. The third-order valence-electron chi connectivity index (χ3n) is 2.99. The molecule has 1 aromatic carbocycles. The Morgan fingerprint density at radius 1 is 1.37 bits per heavy atom. The van der Waals surface area contributed by atoms with Crippen molar-refractivity contribution in [3.8, 4) is 0 Å². The molecule has 19 heavy (non-hydrogen) atoms. The van der Waals surface area contributed by atoms with Crippen LogP contribution in [0, 0.1) is 6.92 Å². The molecular weight excluding hydrogens is 238 g/mol. The van der Waals surface area contributed by atoms with Crippen molar-refractivity contribution in [3.63, 3.8) is 0 Å². The van der Waals surface area contributed by atoms with E-state index in [1.54, 1.807) is 0 Å². The number of nitrogens with one attached hydrogen (secondary N) is 1. The second-order valence-corrected chi connectivity index (χ2v) is 4.73. The summed E-state index contributed by atoms with van der Waals surface area (Å²) in [4.78, 5) is 15.6. The number of nitrogens with two attached hydrogens (primary N) is 1. The largest absolute Gasteiger partial charge is 0.330 e. The van der Waals surface area contributed by atoms with Crippen molar-refractivity contribution in [2.45, 2.75) is 26.7 Å². The maximum absolute atomic E-state index is 11.1. The molecule has 0 spiro atoms. The maximum atomic E-state index is 11.1. The number of rotatable bonds is 4. The number of anilines is 1. The second-order valence-electron chi connectivity index (χ2n) is 4.73. The summed E-state index contributed by atoms with van der Waals surface area (Å²) in [6.07, 6.45) is 1.88. The first-order valence-corrected chi connectivity index (χ1v) is 6.48. The zero-order valence-corrected chi connectivity index (χ0v) is 11.4. The third-order valence-corrected chi connectivity index (χ3v) is 2.99. The summed E-state index contributed by atoms with van der Waals surface area (Å²) in [5.41, 5.74) is 9.59. The van der Waals surface area contributed by atoms with Crippen molar-refractivity contribution in [2.75, 3.05) is 11.9 Å². The molecule has 2 rings (SSSR count). The van der Waals surface area contributed by atoms with E-state index in [-0.39, 0.29) is 5.91 Å². The van der Waals surface area contributed by atoms with Gasteiger partial charge in [-0.25, -0.2) is 0 Å². The van der Waals surface area contributed by atoms with Crippen molar-refractivity contribution in [2.24, 2.45) is 5.73 Å². The Labute approximate surface area is 113 Å². The minimum atomic E-state index is -0.0667. The summed E-state index contributed by atoms with van der Waals surface area (Å²) in [6.45, 7) is 4.17. The average Bonchev–Trinajstić information content (AvgIpc) is 2.35. The molecule has 1 aromatic heterocycles. The van der Waals surface area contributed by atoms with E-state index in [1.807, 2.05) is 25.1 Å². The number of aryl methyl sites for hydroxylation is 2. The van der Waals surface area contributed by atoms with Crippen molar-refractivity contribution >= 4 is 22.5 Å². The normalized spacial score (nSPS) is 10.7. The number of aromatic nitrogens is 1. The Balaban J connectivity index is 2.48. The fraction of sp³-hybridized carbons (Fsp3) is 0.333. The van der Waals surface area contributed by atoms with E-state index >= 15 is 0 Å². The van der Waals surface area contributed by atoms with E-state index in [9.17, 15) is 4.79 Å². The highest BCUT2D eigenvalue weighted by Crippen LogP contribution is 2.23. The highest BCUT2D eigenvalue weighted by molar-refractivity contribution is 5.93. The molecule has 0 fully saturated rings. The molecule has 2 aromatic rings. The fourth-order valence-corrected chi connectivity index (χ4v) is 2.22. The van der Waals surface area contributed by atoms with Crippen molar-refractivity contribution in [1.29, 1.82) is 0 Å². The lowest BCUT2D eigenvalue weighted by molar-refractivity contribution is -0.114. The number of carbonyl (C=O) groups excluding carboxylic acids is 1. The van der Waals surface area contributed by atoms with Crippen LogP contribution in [-0.2, 0) is 11.2 Å². The van der Waals surface area contributed by atoms with Crippen LogP contribution in [0.3, 0.4) is 0 Å². The van der Waals surface area contributed by atoms with Gasteiger partial charge in [-0.1, -0.05) is 0 Å². The first-order chi connectivity index (χ1) is 9.10. The molecule has 0 radical (unpaired) electrons. The minimum absolute atomic E-state index is 0.0667. The van der Waals surface area contributed by atoms with E-state index in [4.69, 9.17) is 5.73 Å². The van der Waals surface area contributed by atoms with E-state index in [2.05, 4.69) is 16.4 Å². The Hall–Kier alpha value is -1.94. The van der Waals surface area contributed by atoms with Gasteiger partial charge in [0.15, 0.2) is 0 Å². The zero-order chi connectivity index (χ0) is 13.8. The molecule has 0 saturated heterocycles. The summed E-state index contributed by atoms with van der Waals surface area (Å²) >= 11 is 0. The number of carbonyl (C=O) groups is 1. The molecule has 1 heterocycles. The fourth-order valence-electron chi connectivity index (χ4n) is 2.22. The Morgan fingerprint density at radius 3 is 2.84 bits per heavy atom. The summed E-state index contributed by atoms with van der Waals surface area (Å²) in [5, 5.41) is 3.89. The van der Waals surface area contributed by atoms with Gasteiger partial charge in [-0.3, -0.25) is 9.78 Å². The molecule has 4 nitrogen and oxygen atoms in total. The first-order valence-electron chi connectivity index (χ1n) is 6.48. The number of fused-ring (bicyclic) bond motifs is 1. The number of hydrogen-bond donors (Lipinski definition) is 2. The topological polar surface area (TPSA) is 68.0 Å². The Morgan fingerprint density at radius 2 is 2.16 bits per heavy atom. The summed E-state index contributed by atoms with van der Waals surface area (Å²) < 4.78 is 0. The number of amides is 1. The molecule has 0 aliphatic carbocycles. The van der Waals surface area contributed by atoms with Gasteiger partial charge in [-0.05, 0) is 56.1 Å². The minimum Gasteiger partial charge on any atom is -0.330 e. The molecule has 1 amide bonds. The highest BCUT2D eigenvalue weighted by atomic mass is 16.1. The summed E-state index contributed by atoms with van der Waals surface area (Å²) in [7, 11) is 0.